The Hall–Kier alpha value is -3.48. The number of anilines is 1. The van der Waals surface area contributed by atoms with E-state index < -0.39 is 5.97 Å². The molecular formula is C22H23NO6. The minimum Gasteiger partial charge on any atom is -0.490 e. The standard InChI is InChI=1S/C22H23NO6/c1-4-27-19-7-5-6-15-11-16(12-29-21(15)19)22(25)23-18-9-8-17(10-14(18)2)28-13-20(24)26-3/h5-11H,4,12-13H2,1-3H3,(H,23,25). The summed E-state index contributed by atoms with van der Waals surface area (Å²) in [5.41, 5.74) is 2.76. The SMILES string of the molecule is CCOc1cccc2c1OCC(C(=O)Nc1ccc(OCC(=O)OC)cc1C)=C2. The van der Waals surface area contributed by atoms with Gasteiger partial charge in [0.15, 0.2) is 18.1 Å². The highest BCUT2D eigenvalue weighted by atomic mass is 16.6. The van der Waals surface area contributed by atoms with Crippen molar-refractivity contribution in [2.24, 2.45) is 0 Å². The van der Waals surface area contributed by atoms with Gasteiger partial charge in [-0.25, -0.2) is 4.79 Å². The molecule has 0 fully saturated rings. The third-order valence-electron chi connectivity index (χ3n) is 4.33. The molecule has 7 nitrogen and oxygen atoms in total. The van der Waals surface area contributed by atoms with Crippen LogP contribution in [-0.2, 0) is 14.3 Å². The highest BCUT2D eigenvalue weighted by molar-refractivity contribution is 6.08. The molecule has 0 aromatic heterocycles. The Bertz CT molecular complexity index is 950. The summed E-state index contributed by atoms with van der Waals surface area (Å²) in [7, 11) is 1.30. The minimum absolute atomic E-state index is 0.155. The van der Waals surface area contributed by atoms with Gasteiger partial charge in [-0.15, -0.1) is 0 Å². The van der Waals surface area contributed by atoms with E-state index >= 15 is 0 Å². The summed E-state index contributed by atoms with van der Waals surface area (Å²) in [5, 5.41) is 2.89. The highest BCUT2D eigenvalue weighted by Gasteiger charge is 2.20. The molecule has 0 aliphatic carbocycles. The maximum Gasteiger partial charge on any atom is 0.343 e. The lowest BCUT2D eigenvalue weighted by molar-refractivity contribution is -0.142. The molecule has 29 heavy (non-hydrogen) atoms. The predicted octanol–water partition coefficient (Wildman–Crippen LogP) is 3.36. The van der Waals surface area contributed by atoms with Gasteiger partial charge in [-0.3, -0.25) is 4.79 Å². The summed E-state index contributed by atoms with van der Waals surface area (Å²) in [6.07, 6.45) is 1.81. The molecular weight excluding hydrogens is 374 g/mol. The zero-order chi connectivity index (χ0) is 20.8. The van der Waals surface area contributed by atoms with Gasteiger partial charge in [-0.2, -0.15) is 0 Å². The Morgan fingerprint density at radius 1 is 1.17 bits per heavy atom. The second-order valence-electron chi connectivity index (χ2n) is 6.36. The molecule has 0 radical (unpaired) electrons. The van der Waals surface area contributed by atoms with E-state index in [4.69, 9.17) is 14.2 Å². The van der Waals surface area contributed by atoms with E-state index in [0.29, 0.717) is 35.1 Å². The van der Waals surface area contributed by atoms with Crippen LogP contribution in [-0.4, -0.2) is 38.8 Å². The van der Waals surface area contributed by atoms with Gasteiger partial charge in [-0.1, -0.05) is 12.1 Å². The first-order chi connectivity index (χ1) is 14.0. The smallest absolute Gasteiger partial charge is 0.343 e. The molecule has 0 saturated heterocycles. The molecule has 0 unspecified atom stereocenters. The molecule has 2 aromatic rings. The van der Waals surface area contributed by atoms with Gasteiger partial charge in [0.1, 0.15) is 12.4 Å². The zero-order valence-corrected chi connectivity index (χ0v) is 16.6. The third-order valence-corrected chi connectivity index (χ3v) is 4.33. The number of nitrogens with one attached hydrogen (secondary N) is 1. The van der Waals surface area contributed by atoms with Crippen LogP contribution >= 0.6 is 0 Å². The largest absolute Gasteiger partial charge is 0.490 e. The molecule has 152 valence electrons. The summed E-state index contributed by atoms with van der Waals surface area (Å²) in [4.78, 5) is 23.9. The van der Waals surface area contributed by atoms with Crippen molar-refractivity contribution in [1.29, 1.82) is 0 Å². The van der Waals surface area contributed by atoms with Crippen LogP contribution in [0.4, 0.5) is 5.69 Å². The van der Waals surface area contributed by atoms with E-state index in [1.807, 2.05) is 32.0 Å². The second kappa shape index (κ2) is 9.14. The molecule has 1 aliphatic heterocycles. The number of rotatable bonds is 7. The zero-order valence-electron chi connectivity index (χ0n) is 16.6. The second-order valence-corrected chi connectivity index (χ2v) is 6.36. The summed E-state index contributed by atoms with van der Waals surface area (Å²) >= 11 is 0. The Morgan fingerprint density at radius 2 is 2.00 bits per heavy atom. The van der Waals surface area contributed by atoms with Crippen molar-refractivity contribution >= 4 is 23.6 Å². The molecule has 0 spiro atoms. The molecule has 1 aliphatic rings. The number of amides is 1. The fourth-order valence-electron chi connectivity index (χ4n) is 2.85. The van der Waals surface area contributed by atoms with Gasteiger partial charge < -0.3 is 24.3 Å². The number of hydrogen-bond donors (Lipinski definition) is 1. The number of ether oxygens (including phenoxy) is 4. The minimum atomic E-state index is -0.461. The molecule has 0 atom stereocenters. The fraction of sp³-hybridized carbons (Fsp3) is 0.273. The summed E-state index contributed by atoms with van der Waals surface area (Å²) in [5.74, 6) is 1.12. The van der Waals surface area contributed by atoms with Crippen LogP contribution in [0.2, 0.25) is 0 Å². The van der Waals surface area contributed by atoms with Crippen LogP contribution in [0.1, 0.15) is 18.1 Å². The number of fused-ring (bicyclic) bond motifs is 1. The van der Waals surface area contributed by atoms with Crippen LogP contribution in [0.15, 0.2) is 42.0 Å². The average molecular weight is 397 g/mol. The number of benzene rings is 2. The van der Waals surface area contributed by atoms with Gasteiger partial charge in [0.25, 0.3) is 5.91 Å². The molecule has 1 heterocycles. The van der Waals surface area contributed by atoms with Crippen molar-refractivity contribution in [3.05, 3.63) is 53.1 Å². The van der Waals surface area contributed by atoms with Crippen LogP contribution in [0, 0.1) is 6.92 Å². The maximum atomic E-state index is 12.7. The monoisotopic (exact) mass is 397 g/mol. The Kier molecular flexibility index (Phi) is 6.39. The quantitative estimate of drug-likeness (QED) is 0.722. The molecule has 1 amide bonds. The lowest BCUT2D eigenvalue weighted by Crippen LogP contribution is -2.22. The van der Waals surface area contributed by atoms with E-state index in [2.05, 4.69) is 10.1 Å². The van der Waals surface area contributed by atoms with Crippen molar-refractivity contribution in [2.45, 2.75) is 13.8 Å². The van der Waals surface area contributed by atoms with Crippen LogP contribution in [0.3, 0.4) is 0 Å². The van der Waals surface area contributed by atoms with Crippen molar-refractivity contribution < 1.29 is 28.5 Å². The Balaban J connectivity index is 1.70. The maximum absolute atomic E-state index is 12.7. The summed E-state index contributed by atoms with van der Waals surface area (Å²) < 4.78 is 21.2. The number of hydrogen-bond acceptors (Lipinski definition) is 6. The van der Waals surface area contributed by atoms with E-state index in [9.17, 15) is 9.59 Å². The average Bonchev–Trinajstić information content (AvgIpc) is 2.73. The number of methoxy groups -OCH3 is 1. The molecule has 2 aromatic carbocycles. The van der Waals surface area contributed by atoms with Gasteiger partial charge in [-0.05, 0) is 49.8 Å². The summed E-state index contributed by atoms with van der Waals surface area (Å²) in [6.45, 7) is 4.27. The van der Waals surface area contributed by atoms with Crippen molar-refractivity contribution in [3.8, 4) is 17.2 Å². The van der Waals surface area contributed by atoms with Gasteiger partial charge in [0, 0.05) is 11.3 Å². The Labute approximate surface area is 169 Å². The molecule has 3 rings (SSSR count). The first-order valence-corrected chi connectivity index (χ1v) is 9.22. The number of para-hydroxylation sites is 1. The van der Waals surface area contributed by atoms with Gasteiger partial charge in [0.05, 0.1) is 19.3 Å². The molecule has 7 heteroatoms. The third kappa shape index (κ3) is 4.87. The first-order valence-electron chi connectivity index (χ1n) is 9.22. The fourth-order valence-corrected chi connectivity index (χ4v) is 2.85. The van der Waals surface area contributed by atoms with E-state index in [-0.39, 0.29) is 19.1 Å². The molecule has 0 saturated carbocycles. The van der Waals surface area contributed by atoms with E-state index in [1.54, 1.807) is 24.3 Å². The van der Waals surface area contributed by atoms with Crippen LogP contribution in [0.5, 0.6) is 17.2 Å². The number of carbonyl (C=O) groups is 2. The number of carbonyl (C=O) groups excluding carboxylic acids is 2. The number of aryl methyl sites for hydroxylation is 1. The van der Waals surface area contributed by atoms with E-state index in [1.165, 1.54) is 7.11 Å². The lowest BCUT2D eigenvalue weighted by atomic mass is 10.1. The highest BCUT2D eigenvalue weighted by Crippen LogP contribution is 2.36. The molecule has 0 bridgehead atoms. The Morgan fingerprint density at radius 3 is 2.72 bits per heavy atom. The normalized spacial score (nSPS) is 12.2. The van der Waals surface area contributed by atoms with Gasteiger partial charge >= 0.3 is 5.97 Å². The lowest BCUT2D eigenvalue weighted by Gasteiger charge is -2.20. The predicted molar refractivity (Wildman–Crippen MR) is 108 cm³/mol. The first kappa shape index (κ1) is 20.3. The van der Waals surface area contributed by atoms with E-state index in [0.717, 1.165) is 11.1 Å². The van der Waals surface area contributed by atoms with Crippen molar-refractivity contribution in [2.75, 3.05) is 32.2 Å². The summed E-state index contributed by atoms with van der Waals surface area (Å²) in [6, 6.07) is 10.7. The van der Waals surface area contributed by atoms with Gasteiger partial charge in [0.2, 0.25) is 0 Å². The van der Waals surface area contributed by atoms with Crippen molar-refractivity contribution in [1.82, 2.24) is 0 Å². The van der Waals surface area contributed by atoms with Crippen LogP contribution < -0.4 is 19.5 Å². The number of esters is 1. The van der Waals surface area contributed by atoms with Crippen molar-refractivity contribution in [3.63, 3.8) is 0 Å². The van der Waals surface area contributed by atoms with Crippen LogP contribution in [0.25, 0.3) is 6.08 Å². The molecule has 1 N–H and O–H groups in total. The topological polar surface area (TPSA) is 83.1 Å².